The van der Waals surface area contributed by atoms with Crippen LogP contribution in [0.15, 0.2) is 12.4 Å². The number of hydrogen-bond donors (Lipinski definition) is 1. The predicted octanol–water partition coefficient (Wildman–Crippen LogP) is 3.16. The highest BCUT2D eigenvalue weighted by atomic mass is 35.5. The Balaban J connectivity index is 0.00000144. The lowest BCUT2D eigenvalue weighted by Gasteiger charge is -2.04. The van der Waals surface area contributed by atoms with Gasteiger partial charge in [-0.3, -0.25) is 4.68 Å². The Kier molecular flexibility index (Phi) is 5.47. The molecule has 0 amide bonds. The average Bonchev–Trinajstić information content (AvgIpc) is 2.80. The first-order chi connectivity index (χ1) is 7.70. The Bertz CT molecular complexity index is 335. The summed E-state index contributed by atoms with van der Waals surface area (Å²) < 4.78 is 2.02. The van der Waals surface area contributed by atoms with E-state index in [0.29, 0.717) is 6.04 Å². The lowest BCUT2D eigenvalue weighted by atomic mass is 10.2. The Morgan fingerprint density at radius 3 is 2.88 bits per heavy atom. The maximum Gasteiger partial charge on any atom is 0.0534 e. The van der Waals surface area contributed by atoms with Crippen molar-refractivity contribution < 1.29 is 0 Å². The highest BCUT2D eigenvalue weighted by Crippen LogP contribution is 2.34. The van der Waals surface area contributed by atoms with Gasteiger partial charge in [0.25, 0.3) is 0 Å². The zero-order valence-corrected chi connectivity index (χ0v) is 11.8. The molecule has 1 aromatic heterocycles. The Hall–Kier alpha value is -0.540. The molecule has 2 rings (SSSR count). The first-order valence-corrected chi connectivity index (χ1v) is 6.47. The number of nitrogens with one attached hydrogen (secondary N) is 1. The largest absolute Gasteiger partial charge is 0.310 e. The normalized spacial score (nSPS) is 22.6. The molecule has 1 aliphatic rings. The Morgan fingerprint density at radius 2 is 2.29 bits per heavy atom. The predicted molar refractivity (Wildman–Crippen MR) is 73.5 cm³/mol. The van der Waals surface area contributed by atoms with Gasteiger partial charge in [-0.15, -0.1) is 12.4 Å². The number of aromatic nitrogens is 2. The molecule has 1 N–H and O–H groups in total. The highest BCUT2D eigenvalue weighted by Gasteiger charge is 2.35. The fourth-order valence-corrected chi connectivity index (χ4v) is 2.19. The molecule has 4 heteroatoms. The van der Waals surface area contributed by atoms with Crippen LogP contribution in [0.3, 0.4) is 0 Å². The average molecular weight is 258 g/mol. The van der Waals surface area contributed by atoms with E-state index in [1.54, 1.807) is 0 Å². The van der Waals surface area contributed by atoms with Gasteiger partial charge < -0.3 is 5.32 Å². The van der Waals surface area contributed by atoms with Crippen molar-refractivity contribution in [2.45, 2.75) is 58.7 Å². The van der Waals surface area contributed by atoms with Crippen LogP contribution in [0.25, 0.3) is 0 Å². The summed E-state index contributed by atoms with van der Waals surface area (Å²) in [6.45, 7) is 7.55. The molecule has 0 aliphatic heterocycles. The summed E-state index contributed by atoms with van der Waals surface area (Å²) in [5, 5.41) is 7.95. The second-order valence-corrected chi connectivity index (χ2v) is 5.19. The number of nitrogens with zero attached hydrogens (tertiary/aromatic N) is 2. The van der Waals surface area contributed by atoms with E-state index in [4.69, 9.17) is 0 Å². The van der Waals surface area contributed by atoms with Crippen molar-refractivity contribution in [3.05, 3.63) is 18.0 Å². The van der Waals surface area contributed by atoms with E-state index in [-0.39, 0.29) is 12.4 Å². The van der Waals surface area contributed by atoms with Gasteiger partial charge in [0, 0.05) is 30.4 Å². The maximum atomic E-state index is 4.35. The van der Waals surface area contributed by atoms with Gasteiger partial charge in [0.05, 0.1) is 6.20 Å². The molecule has 17 heavy (non-hydrogen) atoms. The fourth-order valence-electron chi connectivity index (χ4n) is 2.19. The molecule has 2 atom stereocenters. The van der Waals surface area contributed by atoms with Gasteiger partial charge in [-0.2, -0.15) is 5.10 Å². The standard InChI is InChI=1S/C13H23N3.ClH/c1-4-5-12-6-13(12)14-7-11-8-15-16(9-11)10(2)3;/h8-10,12-14H,4-7H2,1-3H3;1H. The molecular formula is C13H24ClN3. The van der Waals surface area contributed by atoms with Crippen molar-refractivity contribution in [2.75, 3.05) is 0 Å². The summed E-state index contributed by atoms with van der Waals surface area (Å²) in [6.07, 6.45) is 8.18. The van der Waals surface area contributed by atoms with Crippen molar-refractivity contribution >= 4 is 12.4 Å². The van der Waals surface area contributed by atoms with Crippen LogP contribution in [0.1, 0.15) is 51.6 Å². The SMILES string of the molecule is CCCC1CC1NCc1cnn(C(C)C)c1.Cl. The molecule has 0 radical (unpaired) electrons. The molecule has 0 bridgehead atoms. The van der Waals surface area contributed by atoms with Gasteiger partial charge >= 0.3 is 0 Å². The lowest BCUT2D eigenvalue weighted by molar-refractivity contribution is 0.531. The molecule has 3 nitrogen and oxygen atoms in total. The van der Waals surface area contributed by atoms with Crippen molar-refractivity contribution in [1.82, 2.24) is 15.1 Å². The van der Waals surface area contributed by atoms with Gasteiger partial charge in [-0.1, -0.05) is 13.3 Å². The van der Waals surface area contributed by atoms with E-state index in [1.807, 2.05) is 10.9 Å². The monoisotopic (exact) mass is 257 g/mol. The van der Waals surface area contributed by atoms with Crippen molar-refractivity contribution in [3.63, 3.8) is 0 Å². The van der Waals surface area contributed by atoms with Gasteiger partial charge in [0.2, 0.25) is 0 Å². The molecule has 0 aromatic carbocycles. The van der Waals surface area contributed by atoms with Gasteiger partial charge in [-0.25, -0.2) is 0 Å². The van der Waals surface area contributed by atoms with Crippen LogP contribution < -0.4 is 5.32 Å². The Morgan fingerprint density at radius 1 is 1.53 bits per heavy atom. The van der Waals surface area contributed by atoms with Crippen molar-refractivity contribution in [2.24, 2.45) is 5.92 Å². The maximum absolute atomic E-state index is 4.35. The third-order valence-electron chi connectivity index (χ3n) is 3.33. The van der Waals surface area contributed by atoms with Crippen LogP contribution in [0, 0.1) is 5.92 Å². The third kappa shape index (κ3) is 4.00. The molecule has 2 unspecified atom stereocenters. The lowest BCUT2D eigenvalue weighted by Crippen LogP contribution is -2.17. The summed E-state index contributed by atoms with van der Waals surface area (Å²) in [5.74, 6) is 0.935. The molecule has 0 spiro atoms. The minimum Gasteiger partial charge on any atom is -0.310 e. The molecule has 1 saturated carbocycles. The second kappa shape index (κ2) is 6.41. The van der Waals surface area contributed by atoms with E-state index in [9.17, 15) is 0 Å². The summed E-state index contributed by atoms with van der Waals surface area (Å²) in [5.41, 5.74) is 1.30. The molecule has 1 heterocycles. The van der Waals surface area contributed by atoms with Gasteiger partial charge in [0.1, 0.15) is 0 Å². The van der Waals surface area contributed by atoms with Gasteiger partial charge in [0.15, 0.2) is 0 Å². The van der Waals surface area contributed by atoms with Crippen LogP contribution in [-0.4, -0.2) is 15.8 Å². The van der Waals surface area contributed by atoms with Crippen LogP contribution in [0.2, 0.25) is 0 Å². The van der Waals surface area contributed by atoms with E-state index < -0.39 is 0 Å². The molecule has 1 fully saturated rings. The first-order valence-electron chi connectivity index (χ1n) is 6.47. The third-order valence-corrected chi connectivity index (χ3v) is 3.33. The zero-order valence-electron chi connectivity index (χ0n) is 11.0. The molecule has 98 valence electrons. The van der Waals surface area contributed by atoms with Gasteiger partial charge in [-0.05, 0) is 32.6 Å². The van der Waals surface area contributed by atoms with E-state index >= 15 is 0 Å². The summed E-state index contributed by atoms with van der Waals surface area (Å²) >= 11 is 0. The Labute approximate surface area is 110 Å². The van der Waals surface area contributed by atoms with Crippen molar-refractivity contribution in [1.29, 1.82) is 0 Å². The first kappa shape index (κ1) is 14.5. The smallest absolute Gasteiger partial charge is 0.0534 e. The van der Waals surface area contributed by atoms with E-state index in [1.165, 1.54) is 24.8 Å². The number of rotatable bonds is 6. The van der Waals surface area contributed by atoms with Crippen molar-refractivity contribution in [3.8, 4) is 0 Å². The minimum absolute atomic E-state index is 0. The highest BCUT2D eigenvalue weighted by molar-refractivity contribution is 5.85. The second-order valence-electron chi connectivity index (χ2n) is 5.19. The fraction of sp³-hybridized carbons (Fsp3) is 0.769. The summed E-state index contributed by atoms with van der Waals surface area (Å²) in [4.78, 5) is 0. The summed E-state index contributed by atoms with van der Waals surface area (Å²) in [7, 11) is 0. The van der Waals surface area contributed by atoms with Crippen LogP contribution >= 0.6 is 12.4 Å². The van der Waals surface area contributed by atoms with E-state index in [2.05, 4.69) is 37.4 Å². The molecule has 1 aromatic rings. The molecular weight excluding hydrogens is 234 g/mol. The molecule has 0 saturated heterocycles. The topological polar surface area (TPSA) is 29.9 Å². The summed E-state index contributed by atoms with van der Waals surface area (Å²) in [6, 6.07) is 1.23. The number of hydrogen-bond acceptors (Lipinski definition) is 2. The van der Waals surface area contributed by atoms with Crippen LogP contribution in [0.5, 0.6) is 0 Å². The number of halogens is 1. The van der Waals surface area contributed by atoms with E-state index in [0.717, 1.165) is 18.5 Å². The quantitative estimate of drug-likeness (QED) is 0.849. The zero-order chi connectivity index (χ0) is 11.5. The molecule has 1 aliphatic carbocycles. The minimum atomic E-state index is 0. The van der Waals surface area contributed by atoms with Crippen LogP contribution in [0.4, 0.5) is 0 Å². The van der Waals surface area contributed by atoms with Crippen LogP contribution in [-0.2, 0) is 6.54 Å².